The second-order valence-corrected chi connectivity index (χ2v) is 9.11. The van der Waals surface area contributed by atoms with Gasteiger partial charge in [0.1, 0.15) is 0 Å². The minimum absolute atomic E-state index is 0.0473. The molecule has 3 N–H and O–H groups in total. The lowest BCUT2D eigenvalue weighted by molar-refractivity contribution is -0.273. The van der Waals surface area contributed by atoms with E-state index in [9.17, 15) is 15.3 Å². The van der Waals surface area contributed by atoms with E-state index in [4.69, 9.17) is 0 Å². The Morgan fingerprint density at radius 3 is 2.38 bits per heavy atom. The summed E-state index contributed by atoms with van der Waals surface area (Å²) in [4.78, 5) is 0. The highest BCUT2D eigenvalue weighted by Crippen LogP contribution is 2.75. The van der Waals surface area contributed by atoms with Crippen LogP contribution in [0.2, 0.25) is 0 Å². The van der Waals surface area contributed by atoms with Crippen molar-refractivity contribution in [2.24, 2.45) is 22.2 Å². The molecule has 0 radical (unpaired) electrons. The molecule has 4 aliphatic carbocycles. The quantitative estimate of drug-likeness (QED) is 0.697. The highest BCUT2D eigenvalue weighted by Gasteiger charge is 2.74. The summed E-state index contributed by atoms with van der Waals surface area (Å²) in [5.41, 5.74) is -0.928. The second kappa shape index (κ2) is 4.24. The number of hydrogen-bond donors (Lipinski definition) is 3. The summed E-state index contributed by atoms with van der Waals surface area (Å²) in [6.45, 7) is 2.29. The zero-order chi connectivity index (χ0) is 14.9. The van der Waals surface area contributed by atoms with Crippen LogP contribution in [-0.2, 0) is 0 Å². The van der Waals surface area contributed by atoms with Crippen molar-refractivity contribution in [1.82, 2.24) is 0 Å². The Morgan fingerprint density at radius 1 is 1.00 bits per heavy atom. The Hall–Kier alpha value is -0.120. The Morgan fingerprint density at radius 2 is 1.71 bits per heavy atom. The van der Waals surface area contributed by atoms with Gasteiger partial charge in [0.25, 0.3) is 0 Å². The highest BCUT2D eigenvalue weighted by atomic mass is 16.3. The van der Waals surface area contributed by atoms with Crippen LogP contribution in [0.1, 0.15) is 71.1 Å². The van der Waals surface area contributed by atoms with E-state index in [1.807, 2.05) is 0 Å². The normalized spacial score (nSPS) is 54.9. The number of aliphatic hydroxyl groups excluding tert-OH is 2. The van der Waals surface area contributed by atoms with E-state index >= 15 is 0 Å². The fourth-order valence-electron chi connectivity index (χ4n) is 7.22. The van der Waals surface area contributed by atoms with Crippen molar-refractivity contribution in [3.05, 3.63) is 0 Å². The average molecular weight is 294 g/mol. The molecule has 0 saturated heterocycles. The minimum Gasteiger partial charge on any atom is -0.396 e. The van der Waals surface area contributed by atoms with Gasteiger partial charge in [-0.1, -0.05) is 26.2 Å². The highest BCUT2D eigenvalue weighted by molar-refractivity contribution is 5.23. The molecule has 0 aliphatic heterocycles. The molecule has 5 unspecified atom stereocenters. The molecule has 0 aromatic heterocycles. The summed E-state index contributed by atoms with van der Waals surface area (Å²) in [6, 6.07) is 0. The Balaban J connectivity index is 1.81. The van der Waals surface area contributed by atoms with Gasteiger partial charge in [-0.25, -0.2) is 0 Å². The summed E-state index contributed by atoms with van der Waals surface area (Å²) >= 11 is 0. The van der Waals surface area contributed by atoms with E-state index in [1.54, 1.807) is 0 Å². The SMILES string of the molecule is CC12CCCC(O)(C1)C1CC3(CCCC3)C1(CO)C(O)C2. The zero-order valence-corrected chi connectivity index (χ0v) is 13.3. The Bertz CT molecular complexity index is 444. The smallest absolute Gasteiger partial charge is 0.0688 e. The van der Waals surface area contributed by atoms with Crippen molar-refractivity contribution in [3.63, 3.8) is 0 Å². The van der Waals surface area contributed by atoms with Gasteiger partial charge >= 0.3 is 0 Å². The number of aliphatic hydroxyl groups is 3. The summed E-state index contributed by atoms with van der Waals surface area (Å²) in [5, 5.41) is 32.8. The third-order valence-corrected chi connectivity index (χ3v) is 8.08. The standard InChI is InChI=1S/C18H30O3/c1-15-5-4-8-17(21,11-15)13-9-16(6-2-3-7-16)18(13,12-19)14(20)10-15/h13-14,19-21H,2-12H2,1H3. The third kappa shape index (κ3) is 1.61. The van der Waals surface area contributed by atoms with Crippen LogP contribution >= 0.6 is 0 Å². The maximum absolute atomic E-state index is 11.4. The number of fused-ring (bicyclic) bond motifs is 5. The summed E-state index contributed by atoms with van der Waals surface area (Å²) < 4.78 is 0. The molecule has 4 fully saturated rings. The molecule has 120 valence electrons. The van der Waals surface area contributed by atoms with Gasteiger partial charge in [-0.15, -0.1) is 0 Å². The van der Waals surface area contributed by atoms with E-state index in [0.29, 0.717) is 0 Å². The van der Waals surface area contributed by atoms with Crippen LogP contribution in [0.25, 0.3) is 0 Å². The third-order valence-electron chi connectivity index (χ3n) is 8.08. The van der Waals surface area contributed by atoms with Gasteiger partial charge in [0.15, 0.2) is 0 Å². The van der Waals surface area contributed by atoms with Gasteiger partial charge < -0.3 is 15.3 Å². The lowest BCUT2D eigenvalue weighted by Gasteiger charge is -2.68. The van der Waals surface area contributed by atoms with Crippen molar-refractivity contribution in [1.29, 1.82) is 0 Å². The van der Waals surface area contributed by atoms with E-state index in [0.717, 1.165) is 51.4 Å². The van der Waals surface area contributed by atoms with E-state index in [-0.39, 0.29) is 23.4 Å². The van der Waals surface area contributed by atoms with Crippen LogP contribution < -0.4 is 0 Å². The first-order valence-electron chi connectivity index (χ1n) is 8.91. The van der Waals surface area contributed by atoms with Gasteiger partial charge in [0, 0.05) is 5.41 Å². The van der Waals surface area contributed by atoms with Crippen LogP contribution in [0, 0.1) is 22.2 Å². The van der Waals surface area contributed by atoms with Gasteiger partial charge in [0.2, 0.25) is 0 Å². The molecule has 0 heterocycles. The van der Waals surface area contributed by atoms with Crippen molar-refractivity contribution >= 4 is 0 Å². The zero-order valence-electron chi connectivity index (χ0n) is 13.3. The lowest BCUT2D eigenvalue weighted by Crippen LogP contribution is -2.70. The number of hydrogen-bond acceptors (Lipinski definition) is 3. The molecule has 21 heavy (non-hydrogen) atoms. The second-order valence-electron chi connectivity index (χ2n) is 9.11. The molecule has 0 aromatic rings. The monoisotopic (exact) mass is 294 g/mol. The summed E-state index contributed by atoms with van der Waals surface area (Å²) in [6.07, 6.45) is 9.88. The van der Waals surface area contributed by atoms with Crippen molar-refractivity contribution < 1.29 is 15.3 Å². The average Bonchev–Trinajstić information content (AvgIpc) is 2.86. The van der Waals surface area contributed by atoms with E-state index in [2.05, 4.69) is 6.92 Å². The summed E-state index contributed by atoms with van der Waals surface area (Å²) in [5.74, 6) is 0.102. The van der Waals surface area contributed by atoms with Crippen molar-refractivity contribution in [2.75, 3.05) is 6.61 Å². The topological polar surface area (TPSA) is 60.7 Å². The van der Waals surface area contributed by atoms with Crippen LogP contribution in [0.5, 0.6) is 0 Å². The maximum atomic E-state index is 11.4. The molecule has 3 heteroatoms. The Labute approximate surface area is 127 Å². The van der Waals surface area contributed by atoms with E-state index in [1.165, 1.54) is 12.8 Å². The molecule has 0 amide bonds. The molecule has 4 rings (SSSR count). The molecule has 4 aliphatic rings. The first kappa shape index (κ1) is 14.5. The lowest BCUT2D eigenvalue weighted by atomic mass is 9.38. The van der Waals surface area contributed by atoms with Crippen LogP contribution in [0.15, 0.2) is 0 Å². The maximum Gasteiger partial charge on any atom is 0.0688 e. The first-order chi connectivity index (χ1) is 9.90. The predicted octanol–water partition coefficient (Wildman–Crippen LogP) is 2.62. The van der Waals surface area contributed by atoms with Crippen molar-refractivity contribution in [2.45, 2.75) is 82.8 Å². The predicted molar refractivity (Wildman–Crippen MR) is 80.7 cm³/mol. The minimum atomic E-state index is -0.652. The largest absolute Gasteiger partial charge is 0.396 e. The fourth-order valence-corrected chi connectivity index (χ4v) is 7.22. The van der Waals surface area contributed by atoms with Gasteiger partial charge in [-0.05, 0) is 61.7 Å². The molecule has 3 nitrogen and oxygen atoms in total. The molecule has 1 spiro atoms. The van der Waals surface area contributed by atoms with Gasteiger partial charge in [0.05, 0.1) is 18.3 Å². The number of rotatable bonds is 1. The van der Waals surface area contributed by atoms with Crippen LogP contribution in [0.4, 0.5) is 0 Å². The van der Waals surface area contributed by atoms with Crippen LogP contribution in [0.3, 0.4) is 0 Å². The molecule has 5 atom stereocenters. The summed E-state index contributed by atoms with van der Waals surface area (Å²) in [7, 11) is 0. The Kier molecular flexibility index (Phi) is 2.92. The molecular formula is C18H30O3. The van der Waals surface area contributed by atoms with Crippen molar-refractivity contribution in [3.8, 4) is 0 Å². The first-order valence-corrected chi connectivity index (χ1v) is 8.91. The molecular weight excluding hydrogens is 264 g/mol. The molecule has 2 bridgehead atoms. The fraction of sp³-hybridized carbons (Fsp3) is 1.00. The molecule has 0 aromatic carbocycles. The van der Waals surface area contributed by atoms with Gasteiger partial charge in [-0.2, -0.15) is 0 Å². The van der Waals surface area contributed by atoms with E-state index < -0.39 is 17.1 Å². The molecule has 4 saturated carbocycles. The van der Waals surface area contributed by atoms with Gasteiger partial charge in [-0.3, -0.25) is 0 Å². The van der Waals surface area contributed by atoms with Crippen LogP contribution in [-0.4, -0.2) is 33.6 Å².